The monoisotopic (exact) mass is 300 g/mol. The Morgan fingerprint density at radius 3 is 2.05 bits per heavy atom. The average Bonchev–Trinajstić information content (AvgIpc) is 2.40. The summed E-state index contributed by atoms with van der Waals surface area (Å²) in [4.78, 5) is 10.4. The zero-order valence-corrected chi connectivity index (χ0v) is 12.0. The van der Waals surface area contributed by atoms with E-state index in [1.807, 2.05) is 6.07 Å². The molecule has 1 aliphatic rings. The van der Waals surface area contributed by atoms with Gasteiger partial charge in [-0.05, 0) is 25.0 Å². The summed E-state index contributed by atoms with van der Waals surface area (Å²) in [7, 11) is -3.72. The van der Waals surface area contributed by atoms with Crippen molar-refractivity contribution >= 4 is 16.2 Å². The molecule has 0 spiro atoms. The van der Waals surface area contributed by atoms with Gasteiger partial charge in [-0.1, -0.05) is 37.5 Å². The Hall–Kier alpha value is -1.44. The zero-order valence-electron chi connectivity index (χ0n) is 11.2. The number of amides is 1. The minimum absolute atomic E-state index is 0.168. The summed E-state index contributed by atoms with van der Waals surface area (Å²) < 4.78 is 25.5. The highest BCUT2D eigenvalue weighted by Crippen LogP contribution is 2.20. The number of hydrogen-bond acceptors (Lipinski definition) is 4. The van der Waals surface area contributed by atoms with Gasteiger partial charge < -0.3 is 5.73 Å². The molecule has 0 aliphatic heterocycles. The van der Waals surface area contributed by atoms with E-state index in [2.05, 4.69) is 4.18 Å². The summed E-state index contributed by atoms with van der Waals surface area (Å²) in [6, 6.07) is 8.76. The van der Waals surface area contributed by atoms with E-state index in [4.69, 9.17) is 10.9 Å². The Morgan fingerprint density at radius 2 is 1.65 bits per heavy atom. The second-order valence-corrected chi connectivity index (χ2v) is 5.76. The molecule has 1 amide bonds. The van der Waals surface area contributed by atoms with Gasteiger partial charge in [0.05, 0.1) is 6.10 Å². The van der Waals surface area contributed by atoms with Crippen LogP contribution in [-0.2, 0) is 14.5 Å². The van der Waals surface area contributed by atoms with Crippen LogP contribution in [0, 0.1) is 0 Å². The third-order valence-electron chi connectivity index (χ3n) is 2.88. The van der Waals surface area contributed by atoms with Crippen molar-refractivity contribution in [1.29, 1.82) is 0 Å². The molecule has 20 heavy (non-hydrogen) atoms. The normalized spacial score (nSPS) is 16.1. The number of benzene rings is 1. The highest BCUT2D eigenvalue weighted by atomic mass is 32.2. The maximum atomic E-state index is 10.5. The van der Waals surface area contributed by atoms with Gasteiger partial charge in [0, 0.05) is 5.56 Å². The van der Waals surface area contributed by atoms with Crippen molar-refractivity contribution in [2.75, 3.05) is 0 Å². The van der Waals surface area contributed by atoms with E-state index in [1.54, 1.807) is 24.3 Å². The first-order valence-electron chi connectivity index (χ1n) is 6.44. The molecule has 1 aliphatic carbocycles. The largest absolute Gasteiger partial charge is 0.366 e. The molecule has 0 saturated heterocycles. The highest BCUT2D eigenvalue weighted by Gasteiger charge is 2.18. The first kappa shape index (κ1) is 16.6. The summed E-state index contributed by atoms with van der Waals surface area (Å²) >= 11 is 0. The lowest BCUT2D eigenvalue weighted by Gasteiger charge is -2.19. The van der Waals surface area contributed by atoms with Gasteiger partial charge in [-0.3, -0.25) is 8.98 Å². The second kappa shape index (κ2) is 7.98. The number of rotatable bonds is 3. The molecule has 0 bridgehead atoms. The quantitative estimate of drug-likeness (QED) is 0.876. The number of nitrogens with two attached hydrogens (primary N) is 2. The van der Waals surface area contributed by atoms with Crippen molar-refractivity contribution in [3.8, 4) is 0 Å². The van der Waals surface area contributed by atoms with E-state index in [0.29, 0.717) is 5.56 Å². The van der Waals surface area contributed by atoms with Crippen molar-refractivity contribution in [2.45, 2.75) is 38.2 Å². The van der Waals surface area contributed by atoms with Crippen LogP contribution >= 0.6 is 0 Å². The number of carbonyl (C=O) groups is 1. The Balaban J connectivity index is 0.000000204. The molecule has 1 fully saturated rings. The van der Waals surface area contributed by atoms with Gasteiger partial charge >= 0.3 is 10.3 Å². The number of primary amides is 1. The summed E-state index contributed by atoms with van der Waals surface area (Å²) in [6.07, 6.45) is 4.72. The van der Waals surface area contributed by atoms with Crippen LogP contribution in [0.25, 0.3) is 0 Å². The molecule has 0 atom stereocenters. The van der Waals surface area contributed by atoms with Gasteiger partial charge in [-0.15, -0.1) is 0 Å². The summed E-state index contributed by atoms with van der Waals surface area (Å²) in [5.74, 6) is -0.379. The lowest BCUT2D eigenvalue weighted by Crippen LogP contribution is -2.25. The molecule has 7 heteroatoms. The van der Waals surface area contributed by atoms with Gasteiger partial charge in [-0.2, -0.15) is 8.42 Å². The Bertz CT molecular complexity index is 510. The fourth-order valence-corrected chi connectivity index (χ4v) is 2.53. The molecule has 1 aromatic carbocycles. The first-order chi connectivity index (χ1) is 9.38. The molecule has 0 unspecified atom stereocenters. The SMILES string of the molecule is NC(=O)c1ccccc1.NS(=O)(=O)OC1CCCCC1. The molecule has 0 radical (unpaired) electrons. The minimum atomic E-state index is -3.72. The van der Waals surface area contributed by atoms with E-state index < -0.39 is 10.3 Å². The van der Waals surface area contributed by atoms with E-state index in [0.717, 1.165) is 25.7 Å². The fourth-order valence-electron chi connectivity index (χ4n) is 1.95. The Labute approximate surface area is 119 Å². The first-order valence-corrected chi connectivity index (χ1v) is 7.91. The van der Waals surface area contributed by atoms with Crippen molar-refractivity contribution in [3.05, 3.63) is 35.9 Å². The summed E-state index contributed by atoms with van der Waals surface area (Å²) in [5, 5.41) is 4.72. The molecule has 6 nitrogen and oxygen atoms in total. The lowest BCUT2D eigenvalue weighted by molar-refractivity contribution is 0.1000. The van der Waals surface area contributed by atoms with Crippen LogP contribution in [0.1, 0.15) is 42.5 Å². The Kier molecular flexibility index (Phi) is 6.63. The molecule has 0 heterocycles. The zero-order chi connectivity index (χ0) is 15.0. The lowest BCUT2D eigenvalue weighted by atomic mass is 9.98. The van der Waals surface area contributed by atoms with Crippen LogP contribution in [0.15, 0.2) is 30.3 Å². The van der Waals surface area contributed by atoms with Crippen molar-refractivity contribution in [2.24, 2.45) is 10.9 Å². The highest BCUT2D eigenvalue weighted by molar-refractivity contribution is 7.84. The van der Waals surface area contributed by atoms with Crippen molar-refractivity contribution < 1.29 is 17.4 Å². The molecule has 0 aromatic heterocycles. The van der Waals surface area contributed by atoms with E-state index in [1.165, 1.54) is 6.42 Å². The van der Waals surface area contributed by atoms with Crippen LogP contribution in [0.4, 0.5) is 0 Å². The maximum absolute atomic E-state index is 10.5. The van der Waals surface area contributed by atoms with Crippen molar-refractivity contribution in [1.82, 2.24) is 0 Å². The van der Waals surface area contributed by atoms with Gasteiger partial charge in [0.1, 0.15) is 0 Å². The average molecular weight is 300 g/mol. The molecular weight excluding hydrogens is 280 g/mol. The third-order valence-corrected chi connectivity index (χ3v) is 3.42. The van der Waals surface area contributed by atoms with Crippen LogP contribution in [0.3, 0.4) is 0 Å². The Morgan fingerprint density at radius 1 is 1.10 bits per heavy atom. The topological polar surface area (TPSA) is 112 Å². The van der Waals surface area contributed by atoms with Crippen LogP contribution in [-0.4, -0.2) is 20.4 Å². The third kappa shape index (κ3) is 7.22. The molecule has 1 saturated carbocycles. The van der Waals surface area contributed by atoms with Crippen molar-refractivity contribution in [3.63, 3.8) is 0 Å². The minimum Gasteiger partial charge on any atom is -0.366 e. The summed E-state index contributed by atoms with van der Waals surface area (Å²) in [5.41, 5.74) is 5.53. The van der Waals surface area contributed by atoms with E-state index >= 15 is 0 Å². The molecule has 4 N–H and O–H groups in total. The maximum Gasteiger partial charge on any atom is 0.333 e. The van der Waals surface area contributed by atoms with Crippen LogP contribution in [0.5, 0.6) is 0 Å². The van der Waals surface area contributed by atoms with Gasteiger partial charge in [-0.25, -0.2) is 5.14 Å². The molecule has 112 valence electrons. The molecule has 1 aromatic rings. The number of carbonyl (C=O) groups excluding carboxylic acids is 1. The van der Waals surface area contributed by atoms with E-state index in [9.17, 15) is 13.2 Å². The second-order valence-electron chi connectivity index (χ2n) is 4.58. The van der Waals surface area contributed by atoms with Gasteiger partial charge in [0.2, 0.25) is 5.91 Å². The molecular formula is C13H20N2O4S. The number of hydrogen-bond donors (Lipinski definition) is 2. The van der Waals surface area contributed by atoms with Gasteiger partial charge in [0.15, 0.2) is 0 Å². The standard InChI is InChI=1S/C7H7NO.C6H13NO3S/c8-7(9)6-4-2-1-3-5-6;7-11(8,9)10-6-4-2-1-3-5-6/h1-5H,(H2,8,9);6H,1-5H2,(H2,7,8,9). The summed E-state index contributed by atoms with van der Waals surface area (Å²) in [6.45, 7) is 0. The smallest absolute Gasteiger partial charge is 0.333 e. The fraction of sp³-hybridized carbons (Fsp3) is 0.462. The predicted octanol–water partition coefficient (Wildman–Crippen LogP) is 1.32. The van der Waals surface area contributed by atoms with Crippen LogP contribution in [0.2, 0.25) is 0 Å². The van der Waals surface area contributed by atoms with Gasteiger partial charge in [0.25, 0.3) is 0 Å². The van der Waals surface area contributed by atoms with Crippen LogP contribution < -0.4 is 10.9 Å². The van der Waals surface area contributed by atoms with E-state index in [-0.39, 0.29) is 12.0 Å². The molecule has 2 rings (SSSR count). The predicted molar refractivity (Wildman–Crippen MR) is 76.0 cm³/mol.